The van der Waals surface area contributed by atoms with E-state index in [1.54, 1.807) is 26.0 Å². The highest BCUT2D eigenvalue weighted by Crippen LogP contribution is 2.23. The molecule has 90 valence electrons. The van der Waals surface area contributed by atoms with Gasteiger partial charge in [0.05, 0.1) is 6.61 Å². The molecule has 0 atom stereocenters. The molecule has 0 bridgehead atoms. The molecular formula is C13H14O4. The van der Waals surface area contributed by atoms with Crippen LogP contribution in [0.3, 0.4) is 0 Å². The van der Waals surface area contributed by atoms with Gasteiger partial charge in [-0.25, -0.2) is 0 Å². The fraction of sp³-hybridized carbons (Fsp3) is 0.308. The van der Waals surface area contributed by atoms with E-state index in [1.807, 2.05) is 0 Å². The normalized spacial score (nSPS) is 20.7. The molecule has 0 fully saturated rings. The first-order valence-electron chi connectivity index (χ1n) is 5.31. The molecule has 4 nitrogen and oxygen atoms in total. The average molecular weight is 234 g/mol. The van der Waals surface area contributed by atoms with Crippen molar-refractivity contribution in [3.63, 3.8) is 0 Å². The van der Waals surface area contributed by atoms with Crippen molar-refractivity contribution >= 4 is 18.0 Å². The van der Waals surface area contributed by atoms with Crippen molar-refractivity contribution in [2.75, 3.05) is 6.61 Å². The molecule has 0 radical (unpaired) electrons. The maximum absolute atomic E-state index is 11.8. The molecule has 0 unspecified atom stereocenters. The molecule has 0 saturated heterocycles. The van der Waals surface area contributed by atoms with Crippen molar-refractivity contribution in [2.24, 2.45) is 0 Å². The number of allylic oxidation sites excluding steroid dienone is 5. The summed E-state index contributed by atoms with van der Waals surface area (Å²) in [7, 11) is 0. The predicted molar refractivity (Wildman–Crippen MR) is 62.2 cm³/mol. The Balaban J connectivity index is 2.93. The third kappa shape index (κ3) is 3.00. The molecule has 4 heteroatoms. The van der Waals surface area contributed by atoms with Crippen LogP contribution in [0.25, 0.3) is 0 Å². The fourth-order valence-corrected chi connectivity index (χ4v) is 1.62. The highest BCUT2D eigenvalue weighted by atomic mass is 16.5. The van der Waals surface area contributed by atoms with Gasteiger partial charge in [-0.1, -0.05) is 12.2 Å². The van der Waals surface area contributed by atoms with Gasteiger partial charge in [0.2, 0.25) is 0 Å². The van der Waals surface area contributed by atoms with Crippen LogP contribution in [0, 0.1) is 0 Å². The van der Waals surface area contributed by atoms with E-state index in [2.05, 4.69) is 4.74 Å². The lowest BCUT2D eigenvalue weighted by Gasteiger charge is -2.14. The van der Waals surface area contributed by atoms with Gasteiger partial charge >= 0.3 is 0 Å². The summed E-state index contributed by atoms with van der Waals surface area (Å²) in [4.78, 5) is 33.5. The van der Waals surface area contributed by atoms with Crippen molar-refractivity contribution in [1.29, 1.82) is 0 Å². The van der Waals surface area contributed by atoms with Gasteiger partial charge in [0.25, 0.3) is 6.47 Å². The lowest BCUT2D eigenvalue weighted by Crippen LogP contribution is -2.18. The second kappa shape index (κ2) is 5.94. The maximum atomic E-state index is 11.8. The van der Waals surface area contributed by atoms with Gasteiger partial charge < -0.3 is 4.74 Å². The molecule has 0 N–H and O–H groups in total. The van der Waals surface area contributed by atoms with Gasteiger partial charge in [-0.15, -0.1) is 0 Å². The van der Waals surface area contributed by atoms with Gasteiger partial charge in [0.15, 0.2) is 11.6 Å². The highest BCUT2D eigenvalue weighted by molar-refractivity contribution is 6.27. The maximum Gasteiger partial charge on any atom is 0.293 e. The van der Waals surface area contributed by atoms with Crippen molar-refractivity contribution in [1.82, 2.24) is 0 Å². The van der Waals surface area contributed by atoms with Gasteiger partial charge in [-0.3, -0.25) is 14.4 Å². The third-order valence-electron chi connectivity index (χ3n) is 2.45. The minimum Gasteiger partial charge on any atom is -0.468 e. The van der Waals surface area contributed by atoms with Gasteiger partial charge in [0, 0.05) is 23.1 Å². The van der Waals surface area contributed by atoms with Gasteiger partial charge in [-0.05, 0) is 19.9 Å². The number of ether oxygens (including phenoxy) is 1. The largest absolute Gasteiger partial charge is 0.468 e. The van der Waals surface area contributed by atoms with E-state index in [9.17, 15) is 14.4 Å². The number of Topliss-reactive ketones (excluding diaryl/α,β-unsaturated/α-hetero) is 1. The Bertz CT molecular complexity index is 438. The summed E-state index contributed by atoms with van der Waals surface area (Å²) in [6.07, 6.45) is 5.00. The summed E-state index contributed by atoms with van der Waals surface area (Å²) in [6, 6.07) is 0. The van der Waals surface area contributed by atoms with Crippen molar-refractivity contribution in [3.8, 4) is 0 Å². The Labute approximate surface area is 99.6 Å². The molecule has 1 aliphatic rings. The van der Waals surface area contributed by atoms with Gasteiger partial charge in [0.1, 0.15) is 0 Å². The molecule has 0 aromatic rings. The van der Waals surface area contributed by atoms with Crippen molar-refractivity contribution < 1.29 is 19.1 Å². The third-order valence-corrected chi connectivity index (χ3v) is 2.45. The van der Waals surface area contributed by atoms with Crippen LogP contribution < -0.4 is 0 Å². The zero-order valence-electron chi connectivity index (χ0n) is 9.86. The number of hydrogen-bond acceptors (Lipinski definition) is 4. The molecule has 0 aliphatic heterocycles. The van der Waals surface area contributed by atoms with E-state index in [4.69, 9.17) is 0 Å². The second-order valence-electron chi connectivity index (χ2n) is 3.60. The molecular weight excluding hydrogens is 220 g/mol. The number of ketones is 2. The Morgan fingerprint density at radius 1 is 1.29 bits per heavy atom. The number of rotatable bonds is 4. The van der Waals surface area contributed by atoms with Gasteiger partial charge in [-0.2, -0.15) is 0 Å². The predicted octanol–water partition coefficient (Wildman–Crippen LogP) is 1.52. The van der Waals surface area contributed by atoms with Crippen LogP contribution in [-0.4, -0.2) is 24.6 Å². The van der Waals surface area contributed by atoms with Crippen LogP contribution >= 0.6 is 0 Å². The van der Waals surface area contributed by atoms with Crippen molar-refractivity contribution in [3.05, 3.63) is 34.9 Å². The molecule has 1 rings (SSSR count). The summed E-state index contributed by atoms with van der Waals surface area (Å²) in [6.45, 7) is 3.89. The lowest BCUT2D eigenvalue weighted by atomic mass is 9.87. The van der Waals surface area contributed by atoms with Crippen LogP contribution in [0.2, 0.25) is 0 Å². The molecule has 0 amide bonds. The SMILES string of the molecule is C/C=C1/C(=O)C(C)=CC(=O)/C1=C/CCOC=O. The van der Waals surface area contributed by atoms with Crippen molar-refractivity contribution in [2.45, 2.75) is 20.3 Å². The average Bonchev–Trinajstić information content (AvgIpc) is 2.31. The number of hydrogen-bond donors (Lipinski definition) is 0. The minimum absolute atomic E-state index is 0.130. The standard InChI is InChI=1S/C13H14O4/c1-3-10-11(5-4-6-17-8-14)12(15)7-9(2)13(10)16/h3,5,7-8H,4,6H2,1-2H3/b10-3+,11-5+. The first-order chi connectivity index (χ1) is 8.11. The van der Waals surface area contributed by atoms with E-state index >= 15 is 0 Å². The van der Waals surface area contributed by atoms with E-state index < -0.39 is 0 Å². The Morgan fingerprint density at radius 2 is 2.00 bits per heavy atom. The lowest BCUT2D eigenvalue weighted by molar-refractivity contribution is -0.128. The molecule has 0 heterocycles. The minimum atomic E-state index is -0.179. The van der Waals surface area contributed by atoms with Crippen LogP contribution in [0.1, 0.15) is 20.3 Å². The topological polar surface area (TPSA) is 60.4 Å². The molecule has 0 saturated carbocycles. The molecule has 0 spiro atoms. The Hall–Kier alpha value is -1.97. The highest BCUT2D eigenvalue weighted by Gasteiger charge is 2.25. The van der Waals surface area contributed by atoms with Crippen LogP contribution in [0.15, 0.2) is 34.9 Å². The summed E-state index contributed by atoms with van der Waals surface area (Å²) < 4.78 is 4.52. The van der Waals surface area contributed by atoms with Crippen LogP contribution in [0.4, 0.5) is 0 Å². The summed E-state index contributed by atoms with van der Waals surface area (Å²) in [5, 5.41) is 0. The molecule has 17 heavy (non-hydrogen) atoms. The second-order valence-corrected chi connectivity index (χ2v) is 3.60. The quantitative estimate of drug-likeness (QED) is 0.420. The molecule has 0 aromatic carbocycles. The van der Waals surface area contributed by atoms with E-state index in [0.29, 0.717) is 29.6 Å². The number of carbonyl (C=O) groups excluding carboxylic acids is 3. The van der Waals surface area contributed by atoms with E-state index in [-0.39, 0.29) is 18.2 Å². The first-order valence-corrected chi connectivity index (χ1v) is 5.31. The zero-order chi connectivity index (χ0) is 12.8. The van der Waals surface area contributed by atoms with Crippen LogP contribution in [0.5, 0.6) is 0 Å². The summed E-state index contributed by atoms with van der Waals surface area (Å²) in [5.74, 6) is -0.309. The summed E-state index contributed by atoms with van der Waals surface area (Å²) in [5.41, 5.74) is 1.25. The molecule has 1 aliphatic carbocycles. The first kappa shape index (κ1) is 13.1. The number of carbonyl (C=O) groups is 3. The van der Waals surface area contributed by atoms with Crippen LogP contribution in [-0.2, 0) is 19.1 Å². The molecule has 0 aromatic heterocycles. The zero-order valence-corrected chi connectivity index (χ0v) is 9.86. The monoisotopic (exact) mass is 234 g/mol. The van der Waals surface area contributed by atoms with E-state index in [0.717, 1.165) is 0 Å². The summed E-state index contributed by atoms with van der Waals surface area (Å²) >= 11 is 0. The Kier molecular flexibility index (Phi) is 4.57. The Morgan fingerprint density at radius 3 is 2.59 bits per heavy atom. The smallest absolute Gasteiger partial charge is 0.293 e. The fourth-order valence-electron chi connectivity index (χ4n) is 1.62. The van der Waals surface area contributed by atoms with E-state index in [1.165, 1.54) is 6.08 Å².